The van der Waals surface area contributed by atoms with E-state index in [1.165, 1.54) is 24.5 Å². The molecule has 128 valence electrons. The Morgan fingerprint density at radius 2 is 2.04 bits per heavy atom. The first-order chi connectivity index (χ1) is 12.1. The van der Waals surface area contributed by atoms with Gasteiger partial charge in [0.2, 0.25) is 0 Å². The Kier molecular flexibility index (Phi) is 5.25. The highest BCUT2D eigenvalue weighted by molar-refractivity contribution is 7.13. The molecule has 1 N–H and O–H groups in total. The number of furan rings is 1. The fraction of sp³-hybridized carbons (Fsp3) is 0.167. The van der Waals surface area contributed by atoms with Crippen LogP contribution in [0, 0.1) is 0 Å². The van der Waals surface area contributed by atoms with Crippen molar-refractivity contribution in [2.45, 2.75) is 19.6 Å². The highest BCUT2D eigenvalue weighted by Gasteiger charge is 2.21. The molecule has 2 heterocycles. The van der Waals surface area contributed by atoms with Crippen LogP contribution in [-0.2, 0) is 16.1 Å². The lowest BCUT2D eigenvalue weighted by Crippen LogP contribution is -2.35. The van der Waals surface area contributed by atoms with Crippen molar-refractivity contribution in [3.05, 3.63) is 65.6 Å². The molecule has 2 aromatic heterocycles. The summed E-state index contributed by atoms with van der Waals surface area (Å²) in [5, 5.41) is 4.99. The highest BCUT2D eigenvalue weighted by atomic mass is 32.1. The van der Waals surface area contributed by atoms with Gasteiger partial charge in [-0.1, -0.05) is 30.3 Å². The molecule has 3 rings (SSSR count). The van der Waals surface area contributed by atoms with Crippen LogP contribution in [0.4, 0.5) is 0 Å². The van der Waals surface area contributed by atoms with Gasteiger partial charge < -0.3 is 14.5 Å². The number of aromatic nitrogens is 1. The zero-order chi connectivity index (χ0) is 17.6. The zero-order valence-electron chi connectivity index (χ0n) is 13.5. The first-order valence-corrected chi connectivity index (χ1v) is 8.53. The predicted octanol–water partition coefficient (Wildman–Crippen LogP) is 3.26. The maximum absolute atomic E-state index is 12.2. The summed E-state index contributed by atoms with van der Waals surface area (Å²) in [6, 6.07) is 13.0. The van der Waals surface area contributed by atoms with Crippen LogP contribution >= 0.6 is 11.3 Å². The van der Waals surface area contributed by atoms with Crippen molar-refractivity contribution in [2.24, 2.45) is 0 Å². The lowest BCUT2D eigenvalue weighted by atomic mass is 10.2. The second-order valence-electron chi connectivity index (χ2n) is 5.25. The van der Waals surface area contributed by atoms with Gasteiger partial charge in [-0.2, -0.15) is 0 Å². The Hall–Kier alpha value is -2.93. The largest absolute Gasteiger partial charge is 0.467 e. The topological polar surface area (TPSA) is 81.4 Å². The normalized spacial score (nSPS) is 11.7. The summed E-state index contributed by atoms with van der Waals surface area (Å²) >= 11 is 1.35. The number of hydrogen-bond acceptors (Lipinski definition) is 6. The summed E-state index contributed by atoms with van der Waals surface area (Å²) in [4.78, 5) is 28.4. The lowest BCUT2D eigenvalue weighted by molar-refractivity contribution is -0.129. The number of benzene rings is 1. The van der Waals surface area contributed by atoms with Gasteiger partial charge in [-0.05, 0) is 19.1 Å². The summed E-state index contributed by atoms with van der Waals surface area (Å²) < 4.78 is 10.3. The molecule has 1 atom stereocenters. The van der Waals surface area contributed by atoms with Crippen LogP contribution < -0.4 is 5.32 Å². The van der Waals surface area contributed by atoms with Gasteiger partial charge in [0.05, 0.1) is 12.8 Å². The Labute approximate surface area is 148 Å². The average Bonchev–Trinajstić information content (AvgIpc) is 3.32. The summed E-state index contributed by atoms with van der Waals surface area (Å²) in [6.07, 6.45) is 0.599. The fourth-order valence-corrected chi connectivity index (χ4v) is 2.88. The number of rotatable bonds is 6. The molecule has 3 aromatic rings. The van der Waals surface area contributed by atoms with Crippen LogP contribution in [-0.4, -0.2) is 23.0 Å². The van der Waals surface area contributed by atoms with E-state index >= 15 is 0 Å². The van der Waals surface area contributed by atoms with Gasteiger partial charge in [-0.15, -0.1) is 11.3 Å². The minimum Gasteiger partial charge on any atom is -0.467 e. The van der Waals surface area contributed by atoms with Crippen molar-refractivity contribution in [2.75, 3.05) is 0 Å². The molecule has 7 heteroatoms. The van der Waals surface area contributed by atoms with Gasteiger partial charge in [0.15, 0.2) is 11.8 Å². The third-order valence-corrected chi connectivity index (χ3v) is 4.30. The number of amides is 1. The molecule has 0 saturated carbocycles. The first kappa shape index (κ1) is 16.9. The Bertz CT molecular complexity index is 843. The summed E-state index contributed by atoms with van der Waals surface area (Å²) in [5.41, 5.74) is 1.12. The molecule has 25 heavy (non-hydrogen) atoms. The smallest absolute Gasteiger partial charge is 0.358 e. The van der Waals surface area contributed by atoms with Gasteiger partial charge in [0, 0.05) is 10.9 Å². The molecule has 0 aliphatic heterocycles. The monoisotopic (exact) mass is 356 g/mol. The molecule has 1 aromatic carbocycles. The van der Waals surface area contributed by atoms with Crippen molar-refractivity contribution in [1.82, 2.24) is 10.3 Å². The summed E-state index contributed by atoms with van der Waals surface area (Å²) in [6.45, 7) is 1.75. The molecule has 6 nitrogen and oxygen atoms in total. The molecular formula is C18H16N2O4S. The van der Waals surface area contributed by atoms with Crippen LogP contribution in [0.5, 0.6) is 0 Å². The standard InChI is InChI=1S/C18H16N2O4S/c1-12(16(21)19-10-14-8-5-9-23-14)24-18(22)15-11-25-17(20-15)13-6-3-2-4-7-13/h2-9,11-12H,10H2,1H3,(H,19,21). The maximum atomic E-state index is 12.2. The third kappa shape index (κ3) is 4.33. The molecule has 0 radical (unpaired) electrons. The van der Waals surface area contributed by atoms with E-state index in [4.69, 9.17) is 9.15 Å². The van der Waals surface area contributed by atoms with Crippen LogP contribution in [0.3, 0.4) is 0 Å². The van der Waals surface area contributed by atoms with Crippen LogP contribution in [0.25, 0.3) is 10.6 Å². The predicted molar refractivity (Wildman–Crippen MR) is 93.0 cm³/mol. The second kappa shape index (κ2) is 7.76. The number of thiazole rings is 1. The number of nitrogens with one attached hydrogen (secondary N) is 1. The van der Waals surface area contributed by atoms with Gasteiger partial charge in [0.1, 0.15) is 10.8 Å². The zero-order valence-corrected chi connectivity index (χ0v) is 14.3. The molecule has 0 aliphatic carbocycles. The molecule has 0 saturated heterocycles. The number of esters is 1. The Balaban J connectivity index is 1.56. The van der Waals surface area contributed by atoms with E-state index in [9.17, 15) is 9.59 Å². The van der Waals surface area contributed by atoms with Crippen molar-refractivity contribution in [1.29, 1.82) is 0 Å². The maximum Gasteiger partial charge on any atom is 0.358 e. The van der Waals surface area contributed by atoms with Gasteiger partial charge in [0.25, 0.3) is 5.91 Å². The molecule has 0 aliphatic rings. The molecule has 0 fully saturated rings. The highest BCUT2D eigenvalue weighted by Crippen LogP contribution is 2.23. The van der Waals surface area contributed by atoms with E-state index in [1.807, 2.05) is 30.3 Å². The van der Waals surface area contributed by atoms with Crippen molar-refractivity contribution in [3.8, 4) is 10.6 Å². The molecule has 1 unspecified atom stereocenters. The lowest BCUT2D eigenvalue weighted by Gasteiger charge is -2.12. The first-order valence-electron chi connectivity index (χ1n) is 7.65. The van der Waals surface area contributed by atoms with Crippen LogP contribution in [0.15, 0.2) is 58.5 Å². The number of ether oxygens (including phenoxy) is 1. The fourth-order valence-electron chi connectivity index (χ4n) is 2.09. The van der Waals surface area contributed by atoms with E-state index in [0.29, 0.717) is 5.76 Å². The molecule has 0 bridgehead atoms. The van der Waals surface area contributed by atoms with Gasteiger partial charge in [-0.3, -0.25) is 4.79 Å². The van der Waals surface area contributed by atoms with Crippen LogP contribution in [0.1, 0.15) is 23.2 Å². The van der Waals surface area contributed by atoms with E-state index in [1.54, 1.807) is 17.5 Å². The SMILES string of the molecule is CC(OC(=O)c1csc(-c2ccccc2)n1)C(=O)NCc1ccco1. The van der Waals surface area contributed by atoms with Crippen LogP contribution in [0.2, 0.25) is 0 Å². The summed E-state index contributed by atoms with van der Waals surface area (Å²) in [5.74, 6) is -0.402. The number of hydrogen-bond donors (Lipinski definition) is 1. The van der Waals surface area contributed by atoms with Gasteiger partial charge >= 0.3 is 5.97 Å². The minimum atomic E-state index is -0.927. The minimum absolute atomic E-state index is 0.189. The van der Waals surface area contributed by atoms with E-state index in [-0.39, 0.29) is 12.2 Å². The van der Waals surface area contributed by atoms with E-state index < -0.39 is 18.0 Å². The van der Waals surface area contributed by atoms with Crippen molar-refractivity contribution < 1.29 is 18.7 Å². The number of carbonyl (C=O) groups is 2. The van der Waals surface area contributed by atoms with Gasteiger partial charge in [-0.25, -0.2) is 9.78 Å². The number of nitrogens with zero attached hydrogens (tertiary/aromatic N) is 1. The van der Waals surface area contributed by atoms with E-state index in [2.05, 4.69) is 10.3 Å². The Morgan fingerprint density at radius 3 is 2.76 bits per heavy atom. The average molecular weight is 356 g/mol. The summed E-state index contributed by atoms with van der Waals surface area (Å²) in [7, 11) is 0. The second-order valence-corrected chi connectivity index (χ2v) is 6.11. The quantitative estimate of drug-likeness (QED) is 0.686. The molecule has 1 amide bonds. The number of carbonyl (C=O) groups excluding carboxylic acids is 2. The van der Waals surface area contributed by atoms with Crippen molar-refractivity contribution >= 4 is 23.2 Å². The van der Waals surface area contributed by atoms with E-state index in [0.717, 1.165) is 10.6 Å². The molecular weight excluding hydrogens is 340 g/mol. The Morgan fingerprint density at radius 1 is 1.24 bits per heavy atom. The third-order valence-electron chi connectivity index (χ3n) is 3.40. The van der Waals surface area contributed by atoms with Crippen molar-refractivity contribution in [3.63, 3.8) is 0 Å². The molecule has 0 spiro atoms.